The van der Waals surface area contributed by atoms with Crippen LogP contribution in [0.5, 0.6) is 0 Å². The molecule has 0 atom stereocenters. The van der Waals surface area contributed by atoms with Gasteiger partial charge in [-0.3, -0.25) is 4.79 Å². The average Bonchev–Trinajstić information content (AvgIpc) is 2.88. The molecule has 3 rings (SSSR count). The topological polar surface area (TPSA) is 26.3 Å². The molecule has 0 aromatic heterocycles. The van der Waals surface area contributed by atoms with Crippen LogP contribution in [0.2, 0.25) is 0 Å². The van der Waals surface area contributed by atoms with Crippen LogP contribution in [-0.2, 0) is 9.53 Å². The van der Waals surface area contributed by atoms with Gasteiger partial charge in [-0.1, -0.05) is 0 Å². The fourth-order valence-electron chi connectivity index (χ4n) is 4.84. The Morgan fingerprint density at radius 2 is 0.971 bits per heavy atom. The summed E-state index contributed by atoms with van der Waals surface area (Å²) in [6.45, 7) is 2.04. The number of halogens is 1. The van der Waals surface area contributed by atoms with E-state index in [1.165, 1.54) is 61.4 Å². The Balaban J connectivity index is 1.68. The summed E-state index contributed by atoms with van der Waals surface area (Å²) in [6, 6.07) is 33.2. The third-order valence-corrected chi connectivity index (χ3v) is 16.7. The van der Waals surface area contributed by atoms with Gasteiger partial charge in [0.2, 0.25) is 0 Å². The average molecular weight is 542 g/mol. The van der Waals surface area contributed by atoms with Crippen LogP contribution < -0.4 is 15.9 Å². The minimum absolute atomic E-state index is 0.175. The molecule has 0 aliphatic heterocycles. The van der Waals surface area contributed by atoms with E-state index in [4.69, 9.17) is 4.74 Å². The number of esters is 1. The Kier molecular flexibility index (Phi) is 10.4. The number of carbonyl (C=O) groups is 1. The Morgan fingerprint density at radius 1 is 0.618 bits per heavy atom. The Morgan fingerprint density at radius 3 is 1.35 bits per heavy atom. The maximum absolute atomic E-state index is 10.8. The molecule has 0 bridgehead atoms. The molecular weight excluding hydrogens is 503 g/mol. The molecular formula is C30H38BrO2P. The second-order valence-electron chi connectivity index (χ2n) is 9.08. The van der Waals surface area contributed by atoms with Gasteiger partial charge in [-0.2, -0.15) is 0 Å². The molecule has 0 saturated heterocycles. The number of carbonyl (C=O) groups excluding carboxylic acids is 1. The summed E-state index contributed by atoms with van der Waals surface area (Å²) in [5.74, 6) is -0.175. The van der Waals surface area contributed by atoms with Crippen molar-refractivity contribution in [3.8, 4) is 0 Å². The van der Waals surface area contributed by atoms with Crippen molar-refractivity contribution in [2.45, 2.75) is 58.3 Å². The van der Waals surface area contributed by atoms with Crippen LogP contribution in [0.25, 0.3) is 0 Å². The molecule has 182 valence electrons. The second-order valence-corrected chi connectivity index (χ2v) is 18.1. The van der Waals surface area contributed by atoms with Crippen molar-refractivity contribution in [1.29, 1.82) is 0 Å². The van der Waals surface area contributed by atoms with Gasteiger partial charge in [0.25, 0.3) is 0 Å². The zero-order valence-corrected chi connectivity index (χ0v) is 22.9. The monoisotopic (exact) mass is 540 g/mol. The molecule has 0 saturated carbocycles. The van der Waals surface area contributed by atoms with Crippen molar-refractivity contribution >= 4 is 42.7 Å². The molecule has 0 aliphatic carbocycles. The van der Waals surface area contributed by atoms with E-state index in [-0.39, 0.29) is 5.97 Å². The number of unbranched alkanes of at least 4 members (excludes halogenated alkanes) is 7. The summed E-state index contributed by atoms with van der Waals surface area (Å²) in [7, 11) is 0. The van der Waals surface area contributed by atoms with Gasteiger partial charge in [0.15, 0.2) is 0 Å². The Hall–Kier alpha value is -1.96. The maximum atomic E-state index is 10.8. The first-order valence-corrected chi connectivity index (χ1v) is 17.0. The summed E-state index contributed by atoms with van der Waals surface area (Å²) in [5, 5.41) is 1.44. The summed E-state index contributed by atoms with van der Waals surface area (Å²) < 4.78 is 5.01. The molecule has 0 heterocycles. The van der Waals surface area contributed by atoms with Crippen molar-refractivity contribution in [3.63, 3.8) is 0 Å². The van der Waals surface area contributed by atoms with Crippen molar-refractivity contribution < 1.29 is 9.53 Å². The first kappa shape index (κ1) is 26.6. The van der Waals surface area contributed by atoms with E-state index in [2.05, 4.69) is 106 Å². The summed E-state index contributed by atoms with van der Waals surface area (Å²) >= 11 is 4.54. The zero-order chi connectivity index (χ0) is 24.1. The number of hydrogen-bond acceptors (Lipinski definition) is 2. The third-order valence-electron chi connectivity index (χ3n) is 6.66. The van der Waals surface area contributed by atoms with Crippen LogP contribution in [0.15, 0.2) is 91.0 Å². The van der Waals surface area contributed by atoms with Crippen LogP contribution in [-0.4, -0.2) is 18.7 Å². The van der Waals surface area contributed by atoms with Gasteiger partial charge in [0.1, 0.15) is 0 Å². The number of rotatable bonds is 14. The van der Waals surface area contributed by atoms with Crippen LogP contribution in [0.1, 0.15) is 58.3 Å². The zero-order valence-electron chi connectivity index (χ0n) is 20.4. The summed E-state index contributed by atoms with van der Waals surface area (Å²) in [5.41, 5.74) is 0. The molecule has 2 nitrogen and oxygen atoms in total. The van der Waals surface area contributed by atoms with Crippen molar-refractivity contribution in [1.82, 2.24) is 0 Å². The van der Waals surface area contributed by atoms with E-state index in [1.54, 1.807) is 0 Å². The molecule has 0 amide bonds. The molecule has 0 spiro atoms. The van der Waals surface area contributed by atoms with Gasteiger partial charge in [0, 0.05) is 6.92 Å². The summed E-state index contributed by atoms with van der Waals surface area (Å²) in [4.78, 5) is 10.8. The van der Waals surface area contributed by atoms with Gasteiger partial charge in [0.05, 0.1) is 0 Å². The Labute approximate surface area is 213 Å². The standard InChI is InChI=1S/C30H38BrO2P/c1-27(32)33-25-17-6-4-2-3-5-7-18-26-34(31,28-19-11-8-12-20-28,29-21-13-9-14-22-29)30-23-15-10-16-24-30/h8-16,19-24H,2-7,17-18,25-26H2,1H3. The van der Waals surface area contributed by atoms with Crippen LogP contribution >= 0.6 is 20.8 Å². The van der Waals surface area contributed by atoms with Gasteiger partial charge in [-0.05, 0) is 0 Å². The SMILES string of the molecule is CC(=O)OCCCCCCCCCCP(Br)(c1ccccc1)(c1ccccc1)c1ccccc1. The van der Waals surface area contributed by atoms with Crippen LogP contribution in [0, 0.1) is 0 Å². The number of ether oxygens (including phenoxy) is 1. The molecule has 0 unspecified atom stereocenters. The number of hydrogen-bond donors (Lipinski definition) is 0. The van der Waals surface area contributed by atoms with E-state index in [0.717, 1.165) is 19.0 Å². The fraction of sp³-hybridized carbons (Fsp3) is 0.367. The van der Waals surface area contributed by atoms with Gasteiger partial charge in [-0.25, -0.2) is 0 Å². The molecule has 0 N–H and O–H groups in total. The Bertz CT molecular complexity index is 893. The first-order valence-electron chi connectivity index (χ1n) is 12.6. The van der Waals surface area contributed by atoms with Crippen LogP contribution in [0.4, 0.5) is 0 Å². The second kappa shape index (κ2) is 13.2. The van der Waals surface area contributed by atoms with Crippen molar-refractivity contribution in [2.75, 3.05) is 12.8 Å². The quantitative estimate of drug-likeness (QED) is 0.120. The van der Waals surface area contributed by atoms with Gasteiger partial charge in [-0.15, -0.1) is 0 Å². The first-order chi connectivity index (χ1) is 16.6. The third kappa shape index (κ3) is 6.58. The molecule has 0 fully saturated rings. The molecule has 0 radical (unpaired) electrons. The summed E-state index contributed by atoms with van der Waals surface area (Å²) in [6.07, 6.45) is 10.7. The molecule has 34 heavy (non-hydrogen) atoms. The van der Waals surface area contributed by atoms with E-state index in [9.17, 15) is 4.79 Å². The number of benzene rings is 3. The van der Waals surface area contributed by atoms with Gasteiger partial charge >= 0.3 is 203 Å². The fourth-order valence-corrected chi connectivity index (χ4v) is 12.6. The van der Waals surface area contributed by atoms with Crippen molar-refractivity contribution in [3.05, 3.63) is 91.0 Å². The molecule has 4 heteroatoms. The van der Waals surface area contributed by atoms with E-state index >= 15 is 0 Å². The van der Waals surface area contributed by atoms with Crippen LogP contribution in [0.3, 0.4) is 0 Å². The molecule has 0 aliphatic rings. The van der Waals surface area contributed by atoms with E-state index < -0.39 is 5.31 Å². The predicted octanol–water partition coefficient (Wildman–Crippen LogP) is 7.51. The predicted molar refractivity (Wildman–Crippen MR) is 153 cm³/mol. The van der Waals surface area contributed by atoms with E-state index in [0.29, 0.717) is 6.61 Å². The minimum atomic E-state index is -2.77. The van der Waals surface area contributed by atoms with E-state index in [1.807, 2.05) is 0 Å². The molecule has 3 aromatic carbocycles. The van der Waals surface area contributed by atoms with Crippen molar-refractivity contribution in [2.24, 2.45) is 0 Å². The normalized spacial score (nSPS) is 12.6. The van der Waals surface area contributed by atoms with Gasteiger partial charge < -0.3 is 0 Å². The molecule has 3 aromatic rings.